The van der Waals surface area contributed by atoms with Gasteiger partial charge in [0.1, 0.15) is 17.3 Å². The number of hydrogen-bond acceptors (Lipinski definition) is 4. The number of hydrogen-bond donors (Lipinski definition) is 0. The summed E-state index contributed by atoms with van der Waals surface area (Å²) in [5.41, 5.74) is 4.06. The number of nitrogens with zero attached hydrogens (tertiary/aromatic N) is 2. The van der Waals surface area contributed by atoms with Gasteiger partial charge in [0.2, 0.25) is 0 Å². The largest absolute Gasteiger partial charge is 0.497 e. The summed E-state index contributed by atoms with van der Waals surface area (Å²) >= 11 is 1.58. The van der Waals surface area contributed by atoms with Crippen molar-refractivity contribution in [2.45, 2.75) is 19.9 Å². The molecule has 0 aliphatic rings. The summed E-state index contributed by atoms with van der Waals surface area (Å²) in [6.07, 6.45) is 0.839. The Labute approximate surface area is 191 Å². The molecule has 0 unspecified atom stereocenters. The first kappa shape index (κ1) is 21.8. The maximum absolute atomic E-state index is 13.5. The maximum atomic E-state index is 13.5. The van der Waals surface area contributed by atoms with E-state index in [0.29, 0.717) is 6.61 Å². The molecule has 0 bridgehead atoms. The van der Waals surface area contributed by atoms with E-state index in [9.17, 15) is 4.39 Å². The summed E-state index contributed by atoms with van der Waals surface area (Å²) in [5, 5.41) is 2.08. The van der Waals surface area contributed by atoms with Gasteiger partial charge in [-0.25, -0.2) is 9.38 Å². The third kappa shape index (κ3) is 5.26. The monoisotopic (exact) mass is 448 g/mol. The third-order valence-electron chi connectivity index (χ3n) is 5.09. The molecular formula is C26H25FN2O2S. The van der Waals surface area contributed by atoms with Crippen LogP contribution in [0.1, 0.15) is 12.5 Å². The van der Waals surface area contributed by atoms with Gasteiger partial charge in [-0.2, -0.15) is 0 Å². The summed E-state index contributed by atoms with van der Waals surface area (Å²) in [4.78, 5) is 5.77. The summed E-state index contributed by atoms with van der Waals surface area (Å²) in [7, 11) is 1.67. The van der Waals surface area contributed by atoms with Crippen LogP contribution in [0, 0.1) is 5.82 Å². The molecule has 4 nitrogen and oxygen atoms in total. The lowest BCUT2D eigenvalue weighted by molar-refractivity contribution is 0.340. The Hall–Kier alpha value is -3.38. The topological polar surface area (TPSA) is 35.8 Å². The first-order chi connectivity index (χ1) is 15.7. The molecule has 0 saturated heterocycles. The highest BCUT2D eigenvalue weighted by atomic mass is 32.1. The quantitative estimate of drug-likeness (QED) is 0.320. The van der Waals surface area contributed by atoms with E-state index in [1.165, 1.54) is 17.7 Å². The standard InChI is InChI=1S/C26H25FN2O2S/c1-3-31-24-14-10-22(11-15-24)28-26-29(17-16-19-4-12-23(30-2)13-5-19)25(18-32-26)20-6-8-21(27)9-7-20/h4-15,18H,3,16-17H2,1-2H3. The average molecular weight is 449 g/mol. The smallest absolute Gasteiger partial charge is 0.190 e. The van der Waals surface area contributed by atoms with Crippen molar-refractivity contribution in [1.29, 1.82) is 0 Å². The number of aromatic nitrogens is 1. The summed E-state index contributed by atoms with van der Waals surface area (Å²) < 4.78 is 26.4. The highest BCUT2D eigenvalue weighted by Gasteiger charge is 2.09. The zero-order chi connectivity index (χ0) is 22.3. The number of methoxy groups -OCH3 is 1. The highest BCUT2D eigenvalue weighted by molar-refractivity contribution is 7.07. The normalized spacial score (nSPS) is 11.5. The average Bonchev–Trinajstić information content (AvgIpc) is 3.22. The minimum atomic E-state index is -0.243. The van der Waals surface area contributed by atoms with Gasteiger partial charge in [0.25, 0.3) is 0 Å². The van der Waals surface area contributed by atoms with E-state index in [1.54, 1.807) is 18.4 Å². The van der Waals surface area contributed by atoms with Gasteiger partial charge < -0.3 is 14.0 Å². The number of halogens is 1. The Morgan fingerprint density at radius 3 is 2.25 bits per heavy atom. The Balaban J connectivity index is 1.68. The van der Waals surface area contributed by atoms with E-state index >= 15 is 0 Å². The first-order valence-electron chi connectivity index (χ1n) is 10.5. The van der Waals surface area contributed by atoms with Crippen LogP contribution in [0.5, 0.6) is 11.5 Å². The molecule has 4 rings (SSSR count). The molecular weight excluding hydrogens is 423 g/mol. The van der Waals surface area contributed by atoms with Gasteiger partial charge in [-0.15, -0.1) is 11.3 Å². The van der Waals surface area contributed by atoms with Crippen molar-refractivity contribution in [3.05, 3.63) is 94.4 Å². The lowest BCUT2D eigenvalue weighted by atomic mass is 10.1. The van der Waals surface area contributed by atoms with Crippen LogP contribution in [0.3, 0.4) is 0 Å². The van der Waals surface area contributed by atoms with Crippen molar-refractivity contribution in [3.8, 4) is 22.8 Å². The SMILES string of the molecule is CCOc1ccc(N=c2scc(-c3ccc(F)cc3)n2CCc2ccc(OC)cc2)cc1. The number of aryl methyl sites for hydroxylation is 1. The van der Waals surface area contributed by atoms with Gasteiger partial charge in [-0.3, -0.25) is 0 Å². The number of ether oxygens (including phenoxy) is 2. The van der Waals surface area contributed by atoms with Crippen molar-refractivity contribution < 1.29 is 13.9 Å². The summed E-state index contributed by atoms with van der Waals surface area (Å²) in [6, 6.07) is 22.5. The first-order valence-corrected chi connectivity index (χ1v) is 11.4. The van der Waals surface area contributed by atoms with Crippen LogP contribution in [-0.4, -0.2) is 18.3 Å². The maximum Gasteiger partial charge on any atom is 0.190 e. The number of thiazole rings is 1. The fourth-order valence-corrected chi connectivity index (χ4v) is 4.37. The molecule has 0 aliphatic carbocycles. The van der Waals surface area contributed by atoms with E-state index in [2.05, 4.69) is 22.1 Å². The molecule has 0 amide bonds. The van der Waals surface area contributed by atoms with Crippen molar-refractivity contribution in [1.82, 2.24) is 4.57 Å². The molecule has 6 heteroatoms. The van der Waals surface area contributed by atoms with E-state index in [4.69, 9.17) is 14.5 Å². The fraction of sp³-hybridized carbons (Fsp3) is 0.192. The fourth-order valence-electron chi connectivity index (χ4n) is 3.41. The molecule has 0 radical (unpaired) electrons. The predicted molar refractivity (Wildman–Crippen MR) is 127 cm³/mol. The van der Waals surface area contributed by atoms with Gasteiger partial charge >= 0.3 is 0 Å². The van der Waals surface area contributed by atoms with Crippen molar-refractivity contribution in [2.24, 2.45) is 4.99 Å². The lowest BCUT2D eigenvalue weighted by Crippen LogP contribution is -2.17. The van der Waals surface area contributed by atoms with Gasteiger partial charge in [0, 0.05) is 11.9 Å². The Kier molecular flexibility index (Phi) is 7.02. The van der Waals surface area contributed by atoms with Crippen LogP contribution < -0.4 is 14.3 Å². The van der Waals surface area contributed by atoms with Gasteiger partial charge in [-0.1, -0.05) is 12.1 Å². The Morgan fingerprint density at radius 2 is 1.59 bits per heavy atom. The second kappa shape index (κ2) is 10.3. The van der Waals surface area contributed by atoms with E-state index in [1.807, 2.05) is 55.5 Å². The molecule has 0 spiro atoms. The van der Waals surface area contributed by atoms with Crippen molar-refractivity contribution >= 4 is 17.0 Å². The summed E-state index contributed by atoms with van der Waals surface area (Å²) in [6.45, 7) is 3.35. The van der Waals surface area contributed by atoms with E-state index in [-0.39, 0.29) is 5.82 Å². The van der Waals surface area contributed by atoms with Crippen molar-refractivity contribution in [2.75, 3.05) is 13.7 Å². The lowest BCUT2D eigenvalue weighted by Gasteiger charge is -2.10. The minimum absolute atomic E-state index is 0.243. The van der Waals surface area contributed by atoms with Crippen LogP contribution in [0.4, 0.5) is 10.1 Å². The number of rotatable bonds is 8. The van der Waals surface area contributed by atoms with Crippen LogP contribution in [-0.2, 0) is 13.0 Å². The van der Waals surface area contributed by atoms with E-state index in [0.717, 1.165) is 46.2 Å². The summed E-state index contributed by atoms with van der Waals surface area (Å²) in [5.74, 6) is 1.43. The van der Waals surface area contributed by atoms with Crippen LogP contribution >= 0.6 is 11.3 Å². The van der Waals surface area contributed by atoms with E-state index < -0.39 is 0 Å². The molecule has 4 aromatic rings. The third-order valence-corrected chi connectivity index (χ3v) is 5.96. The highest BCUT2D eigenvalue weighted by Crippen LogP contribution is 2.23. The van der Waals surface area contributed by atoms with Gasteiger partial charge in [0.05, 0.1) is 25.1 Å². The molecule has 1 aromatic heterocycles. The predicted octanol–water partition coefficient (Wildman–Crippen LogP) is 6.24. The molecule has 0 N–H and O–H groups in total. The molecule has 0 saturated carbocycles. The van der Waals surface area contributed by atoms with Crippen LogP contribution in [0.25, 0.3) is 11.3 Å². The van der Waals surface area contributed by atoms with Gasteiger partial charge in [-0.05, 0) is 85.1 Å². The Morgan fingerprint density at radius 1 is 0.906 bits per heavy atom. The van der Waals surface area contributed by atoms with Crippen LogP contribution in [0.2, 0.25) is 0 Å². The molecule has 0 atom stereocenters. The van der Waals surface area contributed by atoms with Gasteiger partial charge in [0.15, 0.2) is 4.80 Å². The Bertz CT molecular complexity index is 1210. The molecule has 164 valence electrons. The molecule has 32 heavy (non-hydrogen) atoms. The van der Waals surface area contributed by atoms with Crippen molar-refractivity contribution in [3.63, 3.8) is 0 Å². The zero-order valence-electron chi connectivity index (χ0n) is 18.1. The molecule has 3 aromatic carbocycles. The second-order valence-electron chi connectivity index (χ2n) is 7.20. The second-order valence-corrected chi connectivity index (χ2v) is 8.04. The molecule has 0 aliphatic heterocycles. The number of benzene rings is 3. The van der Waals surface area contributed by atoms with Crippen LogP contribution in [0.15, 0.2) is 83.2 Å². The zero-order valence-corrected chi connectivity index (χ0v) is 18.9. The minimum Gasteiger partial charge on any atom is -0.497 e. The molecule has 1 heterocycles. The molecule has 0 fully saturated rings.